The summed E-state index contributed by atoms with van der Waals surface area (Å²) >= 11 is 0. The monoisotopic (exact) mass is 280 g/mol. The highest BCUT2D eigenvalue weighted by Gasteiger charge is 2.26. The van der Waals surface area contributed by atoms with E-state index < -0.39 is 0 Å². The minimum Gasteiger partial charge on any atom is -0.444 e. The minimum absolute atomic E-state index is 0.0486. The number of amides is 1. The van der Waals surface area contributed by atoms with Crippen molar-refractivity contribution in [2.75, 3.05) is 26.2 Å². The van der Waals surface area contributed by atoms with Gasteiger partial charge in [-0.05, 0) is 33.2 Å². The lowest BCUT2D eigenvalue weighted by atomic mass is 9.97. The molecule has 1 saturated heterocycles. The lowest BCUT2D eigenvalue weighted by Gasteiger charge is -2.31. The fraction of sp³-hybridized carbons (Fsp3) is 0.714. The summed E-state index contributed by atoms with van der Waals surface area (Å²) in [6.07, 6.45) is 1.97. The molecule has 2 rings (SSSR count). The molecule has 6 heteroatoms. The Morgan fingerprint density at radius 3 is 3.00 bits per heavy atom. The normalized spacial score (nSPS) is 20.1. The quantitative estimate of drug-likeness (QED) is 0.824. The topological polar surface area (TPSA) is 84.4 Å². The second-order valence-electron chi connectivity index (χ2n) is 5.40. The average Bonchev–Trinajstić information content (AvgIpc) is 2.75. The molecule has 20 heavy (non-hydrogen) atoms. The van der Waals surface area contributed by atoms with Crippen molar-refractivity contribution < 1.29 is 9.21 Å². The number of hydrogen-bond acceptors (Lipinski definition) is 5. The Hall–Kier alpha value is -1.40. The van der Waals surface area contributed by atoms with Gasteiger partial charge in [0.2, 0.25) is 11.8 Å². The summed E-state index contributed by atoms with van der Waals surface area (Å²) in [6, 6.07) is 0. The molecule has 0 radical (unpaired) electrons. The van der Waals surface area contributed by atoms with Crippen LogP contribution in [0.3, 0.4) is 0 Å². The predicted octanol–water partition coefficient (Wildman–Crippen LogP) is 0.578. The molecular weight excluding hydrogens is 256 g/mol. The van der Waals surface area contributed by atoms with Crippen LogP contribution in [-0.4, -0.2) is 42.0 Å². The number of rotatable bonds is 5. The van der Waals surface area contributed by atoms with E-state index in [1.54, 1.807) is 0 Å². The maximum absolute atomic E-state index is 12.0. The van der Waals surface area contributed by atoms with Crippen molar-refractivity contribution in [2.24, 2.45) is 11.7 Å². The Bertz CT molecular complexity index is 439. The van der Waals surface area contributed by atoms with Gasteiger partial charge in [-0.25, -0.2) is 4.98 Å². The SMILES string of the molecule is Cc1nc(CN2CCCC(C(=O)NCCN)C2)oc1C. The number of nitrogens with zero attached hydrogens (tertiary/aromatic N) is 2. The van der Waals surface area contributed by atoms with Crippen molar-refractivity contribution >= 4 is 5.91 Å². The van der Waals surface area contributed by atoms with Gasteiger partial charge in [0.15, 0.2) is 0 Å². The zero-order valence-corrected chi connectivity index (χ0v) is 12.3. The standard InChI is InChI=1S/C14H24N4O2/c1-10-11(2)20-13(17-10)9-18-7-3-4-12(8-18)14(19)16-6-5-15/h12H,3-9,15H2,1-2H3,(H,16,19). The first kappa shape index (κ1) is 15.0. The number of nitrogens with one attached hydrogen (secondary N) is 1. The molecule has 1 aromatic rings. The highest BCUT2D eigenvalue weighted by atomic mass is 16.4. The number of carbonyl (C=O) groups is 1. The van der Waals surface area contributed by atoms with E-state index in [4.69, 9.17) is 10.2 Å². The third kappa shape index (κ3) is 3.80. The van der Waals surface area contributed by atoms with Crippen LogP contribution in [0.25, 0.3) is 0 Å². The summed E-state index contributed by atoms with van der Waals surface area (Å²) in [7, 11) is 0. The van der Waals surface area contributed by atoms with Gasteiger partial charge < -0.3 is 15.5 Å². The Morgan fingerprint density at radius 1 is 1.55 bits per heavy atom. The van der Waals surface area contributed by atoms with Gasteiger partial charge in [0.1, 0.15) is 5.76 Å². The molecule has 1 amide bonds. The van der Waals surface area contributed by atoms with Crippen LogP contribution in [0, 0.1) is 19.8 Å². The second-order valence-corrected chi connectivity index (χ2v) is 5.40. The molecule has 0 bridgehead atoms. The van der Waals surface area contributed by atoms with Crippen LogP contribution in [0.5, 0.6) is 0 Å². The highest BCUT2D eigenvalue weighted by molar-refractivity contribution is 5.78. The largest absolute Gasteiger partial charge is 0.444 e. The van der Waals surface area contributed by atoms with Gasteiger partial charge in [-0.15, -0.1) is 0 Å². The Balaban J connectivity index is 1.88. The molecule has 0 spiro atoms. The molecule has 0 aliphatic carbocycles. The lowest BCUT2D eigenvalue weighted by Crippen LogP contribution is -2.43. The Labute approximate surface area is 119 Å². The number of piperidine rings is 1. The van der Waals surface area contributed by atoms with Crippen LogP contribution in [0.1, 0.15) is 30.2 Å². The van der Waals surface area contributed by atoms with Crippen LogP contribution in [0.4, 0.5) is 0 Å². The van der Waals surface area contributed by atoms with Crippen molar-refractivity contribution in [1.29, 1.82) is 0 Å². The number of likely N-dealkylation sites (tertiary alicyclic amines) is 1. The Morgan fingerprint density at radius 2 is 2.35 bits per heavy atom. The summed E-state index contributed by atoms with van der Waals surface area (Å²) in [6.45, 7) is 7.32. The average molecular weight is 280 g/mol. The van der Waals surface area contributed by atoms with Crippen LogP contribution in [0.15, 0.2) is 4.42 Å². The molecule has 1 aromatic heterocycles. The van der Waals surface area contributed by atoms with E-state index in [0.29, 0.717) is 19.6 Å². The smallest absolute Gasteiger partial charge is 0.224 e. The number of nitrogens with two attached hydrogens (primary N) is 1. The van der Waals surface area contributed by atoms with E-state index in [1.807, 2.05) is 13.8 Å². The summed E-state index contributed by atoms with van der Waals surface area (Å²) in [5.74, 6) is 1.77. The van der Waals surface area contributed by atoms with Gasteiger partial charge in [-0.1, -0.05) is 0 Å². The number of carbonyl (C=O) groups excluding carboxylic acids is 1. The fourth-order valence-electron chi connectivity index (χ4n) is 2.55. The molecule has 2 heterocycles. The van der Waals surface area contributed by atoms with Crippen molar-refractivity contribution in [3.05, 3.63) is 17.3 Å². The van der Waals surface area contributed by atoms with Gasteiger partial charge in [-0.2, -0.15) is 0 Å². The molecule has 1 atom stereocenters. The molecule has 0 saturated carbocycles. The second kappa shape index (κ2) is 6.85. The molecule has 3 N–H and O–H groups in total. The lowest BCUT2D eigenvalue weighted by molar-refractivity contribution is -0.126. The van der Waals surface area contributed by atoms with Crippen LogP contribution >= 0.6 is 0 Å². The highest BCUT2D eigenvalue weighted by Crippen LogP contribution is 2.19. The number of hydrogen-bond donors (Lipinski definition) is 2. The van der Waals surface area contributed by atoms with Gasteiger partial charge in [0.25, 0.3) is 0 Å². The summed E-state index contributed by atoms with van der Waals surface area (Å²) in [5, 5.41) is 2.87. The molecule has 6 nitrogen and oxygen atoms in total. The molecule has 1 aliphatic heterocycles. The van der Waals surface area contributed by atoms with Gasteiger partial charge in [0.05, 0.1) is 18.2 Å². The predicted molar refractivity (Wildman–Crippen MR) is 76.0 cm³/mol. The molecule has 1 fully saturated rings. The first-order valence-corrected chi connectivity index (χ1v) is 7.23. The first-order valence-electron chi connectivity index (χ1n) is 7.23. The zero-order chi connectivity index (χ0) is 14.5. The third-order valence-electron chi connectivity index (χ3n) is 3.75. The maximum Gasteiger partial charge on any atom is 0.224 e. The van der Waals surface area contributed by atoms with E-state index in [9.17, 15) is 4.79 Å². The third-order valence-corrected chi connectivity index (χ3v) is 3.75. The molecule has 0 aromatic carbocycles. The maximum atomic E-state index is 12.0. The van der Waals surface area contributed by atoms with Gasteiger partial charge in [-0.3, -0.25) is 9.69 Å². The number of oxazole rings is 1. The summed E-state index contributed by atoms with van der Waals surface area (Å²) in [5.41, 5.74) is 6.35. The molecular formula is C14H24N4O2. The minimum atomic E-state index is 0.0486. The molecule has 1 unspecified atom stereocenters. The Kier molecular flexibility index (Phi) is 5.14. The summed E-state index contributed by atoms with van der Waals surface area (Å²) in [4.78, 5) is 18.6. The van der Waals surface area contributed by atoms with E-state index in [-0.39, 0.29) is 11.8 Å². The van der Waals surface area contributed by atoms with Crippen LogP contribution in [-0.2, 0) is 11.3 Å². The first-order chi connectivity index (χ1) is 9.60. The van der Waals surface area contributed by atoms with E-state index in [1.165, 1.54) is 0 Å². The van der Waals surface area contributed by atoms with E-state index in [2.05, 4.69) is 15.2 Å². The van der Waals surface area contributed by atoms with Crippen molar-refractivity contribution in [3.8, 4) is 0 Å². The molecule has 1 aliphatic rings. The molecule has 112 valence electrons. The van der Waals surface area contributed by atoms with Gasteiger partial charge in [0, 0.05) is 19.6 Å². The van der Waals surface area contributed by atoms with Gasteiger partial charge >= 0.3 is 0 Å². The van der Waals surface area contributed by atoms with Crippen molar-refractivity contribution in [2.45, 2.75) is 33.2 Å². The van der Waals surface area contributed by atoms with Crippen LogP contribution < -0.4 is 11.1 Å². The van der Waals surface area contributed by atoms with Crippen molar-refractivity contribution in [1.82, 2.24) is 15.2 Å². The van der Waals surface area contributed by atoms with Crippen molar-refractivity contribution in [3.63, 3.8) is 0 Å². The van der Waals surface area contributed by atoms with Crippen LogP contribution in [0.2, 0.25) is 0 Å². The number of aromatic nitrogens is 1. The zero-order valence-electron chi connectivity index (χ0n) is 12.3. The number of aryl methyl sites for hydroxylation is 2. The van der Waals surface area contributed by atoms with E-state index >= 15 is 0 Å². The van der Waals surface area contributed by atoms with E-state index in [0.717, 1.165) is 43.3 Å². The summed E-state index contributed by atoms with van der Waals surface area (Å²) < 4.78 is 5.61. The fourth-order valence-corrected chi connectivity index (χ4v) is 2.55.